The summed E-state index contributed by atoms with van der Waals surface area (Å²) in [6, 6.07) is 10.7. The van der Waals surface area contributed by atoms with E-state index in [1.807, 2.05) is 24.3 Å². The number of carbonyl (C=O) groups excluding carboxylic acids is 2. The molecule has 6 heteroatoms. The Hall–Kier alpha value is -2.76. The van der Waals surface area contributed by atoms with Crippen molar-refractivity contribution in [2.45, 2.75) is 32.2 Å². The summed E-state index contributed by atoms with van der Waals surface area (Å²) in [4.78, 5) is 24.3. The lowest BCUT2D eigenvalue weighted by Crippen LogP contribution is -2.32. The van der Waals surface area contributed by atoms with Crippen molar-refractivity contribution >= 4 is 17.5 Å². The van der Waals surface area contributed by atoms with Gasteiger partial charge in [0, 0.05) is 18.0 Å². The molecule has 2 aromatic carbocycles. The lowest BCUT2D eigenvalue weighted by molar-refractivity contribution is -0.123. The van der Waals surface area contributed by atoms with Crippen molar-refractivity contribution in [1.29, 1.82) is 0 Å². The molecule has 26 heavy (non-hydrogen) atoms. The molecule has 4 nitrogen and oxygen atoms in total. The zero-order valence-electron chi connectivity index (χ0n) is 14.4. The van der Waals surface area contributed by atoms with Crippen LogP contribution in [0.1, 0.15) is 36.9 Å². The highest BCUT2D eigenvalue weighted by Gasteiger charge is 2.26. The Morgan fingerprint density at radius 2 is 2.00 bits per heavy atom. The van der Waals surface area contributed by atoms with Gasteiger partial charge < -0.3 is 10.6 Å². The molecule has 2 N–H and O–H groups in total. The average molecular weight is 358 g/mol. The normalized spacial score (nSPS) is 17.2. The molecule has 1 heterocycles. The lowest BCUT2D eigenvalue weighted by Gasteiger charge is -2.24. The summed E-state index contributed by atoms with van der Waals surface area (Å²) < 4.78 is 26.3. The first-order chi connectivity index (χ1) is 12.4. The SMILES string of the molecule is CC(NC(=O)CCC1Cc2ccccc2NC1=O)c1ccc(F)c(F)c1. The number of benzene rings is 2. The van der Waals surface area contributed by atoms with Crippen molar-refractivity contribution in [3.05, 3.63) is 65.2 Å². The van der Waals surface area contributed by atoms with Crippen molar-refractivity contribution < 1.29 is 18.4 Å². The van der Waals surface area contributed by atoms with Gasteiger partial charge in [-0.15, -0.1) is 0 Å². The molecule has 2 aromatic rings. The van der Waals surface area contributed by atoms with Gasteiger partial charge in [-0.1, -0.05) is 24.3 Å². The Kier molecular flexibility index (Phi) is 5.30. The highest BCUT2D eigenvalue weighted by molar-refractivity contribution is 5.96. The molecule has 2 amide bonds. The van der Waals surface area contributed by atoms with E-state index >= 15 is 0 Å². The summed E-state index contributed by atoms with van der Waals surface area (Å²) in [5, 5.41) is 5.62. The molecule has 3 rings (SSSR count). The third kappa shape index (κ3) is 4.07. The molecule has 136 valence electrons. The van der Waals surface area contributed by atoms with E-state index in [-0.39, 0.29) is 24.2 Å². The Bertz CT molecular complexity index is 838. The molecule has 2 atom stereocenters. The van der Waals surface area contributed by atoms with E-state index in [2.05, 4.69) is 10.6 Å². The van der Waals surface area contributed by atoms with Gasteiger partial charge in [-0.2, -0.15) is 0 Å². The first-order valence-electron chi connectivity index (χ1n) is 8.57. The molecule has 0 aromatic heterocycles. The van der Waals surface area contributed by atoms with Crippen LogP contribution in [0.3, 0.4) is 0 Å². The van der Waals surface area contributed by atoms with E-state index in [0.717, 1.165) is 23.4 Å². The third-order valence-electron chi connectivity index (χ3n) is 4.65. The van der Waals surface area contributed by atoms with E-state index in [4.69, 9.17) is 0 Å². The van der Waals surface area contributed by atoms with Crippen LogP contribution in [-0.2, 0) is 16.0 Å². The summed E-state index contributed by atoms with van der Waals surface area (Å²) >= 11 is 0. The smallest absolute Gasteiger partial charge is 0.227 e. The maximum atomic E-state index is 13.3. The predicted molar refractivity (Wildman–Crippen MR) is 94.4 cm³/mol. The number of hydrogen-bond donors (Lipinski definition) is 2. The van der Waals surface area contributed by atoms with E-state index in [0.29, 0.717) is 18.4 Å². The number of amides is 2. The maximum Gasteiger partial charge on any atom is 0.227 e. The lowest BCUT2D eigenvalue weighted by atomic mass is 9.89. The number of rotatable bonds is 5. The Labute approximate surface area is 150 Å². The molecule has 1 aliphatic heterocycles. The van der Waals surface area contributed by atoms with Crippen molar-refractivity contribution in [1.82, 2.24) is 5.32 Å². The molecule has 0 bridgehead atoms. The predicted octanol–water partition coefficient (Wildman–Crippen LogP) is 3.73. The van der Waals surface area contributed by atoms with Crippen molar-refractivity contribution in [2.75, 3.05) is 5.32 Å². The Morgan fingerprint density at radius 3 is 2.77 bits per heavy atom. The number of fused-ring (bicyclic) bond motifs is 1. The van der Waals surface area contributed by atoms with Crippen LogP contribution < -0.4 is 10.6 Å². The zero-order valence-corrected chi connectivity index (χ0v) is 14.4. The second kappa shape index (κ2) is 7.64. The van der Waals surface area contributed by atoms with Gasteiger partial charge in [-0.3, -0.25) is 9.59 Å². The highest BCUT2D eigenvalue weighted by atomic mass is 19.2. The Balaban J connectivity index is 1.54. The third-order valence-corrected chi connectivity index (χ3v) is 4.65. The molecular formula is C20H20F2N2O2. The van der Waals surface area contributed by atoms with Gasteiger partial charge in [-0.25, -0.2) is 8.78 Å². The molecular weight excluding hydrogens is 338 g/mol. The molecule has 1 aliphatic rings. The summed E-state index contributed by atoms with van der Waals surface area (Å²) in [5.41, 5.74) is 2.37. The van der Waals surface area contributed by atoms with Gasteiger partial charge in [0.05, 0.1) is 6.04 Å². The largest absolute Gasteiger partial charge is 0.350 e. The van der Waals surface area contributed by atoms with E-state index in [1.54, 1.807) is 6.92 Å². The van der Waals surface area contributed by atoms with Crippen LogP contribution in [0.4, 0.5) is 14.5 Å². The number of hydrogen-bond acceptors (Lipinski definition) is 2. The summed E-state index contributed by atoms with van der Waals surface area (Å²) in [7, 11) is 0. The highest BCUT2D eigenvalue weighted by Crippen LogP contribution is 2.27. The monoisotopic (exact) mass is 358 g/mol. The first-order valence-corrected chi connectivity index (χ1v) is 8.57. The molecule has 0 saturated heterocycles. The van der Waals surface area contributed by atoms with Crippen LogP contribution in [0.25, 0.3) is 0 Å². The molecule has 0 aliphatic carbocycles. The number of anilines is 1. The van der Waals surface area contributed by atoms with Gasteiger partial charge in [0.1, 0.15) is 0 Å². The van der Waals surface area contributed by atoms with Crippen LogP contribution in [0, 0.1) is 17.6 Å². The summed E-state index contributed by atoms with van der Waals surface area (Å²) in [6.07, 6.45) is 1.22. The average Bonchev–Trinajstić information content (AvgIpc) is 2.62. The van der Waals surface area contributed by atoms with Crippen molar-refractivity contribution in [2.24, 2.45) is 5.92 Å². The van der Waals surface area contributed by atoms with Gasteiger partial charge in [0.2, 0.25) is 11.8 Å². The molecule has 0 fully saturated rings. The standard InChI is InChI=1S/C20H20F2N2O2/c1-12(13-6-8-16(21)17(22)11-13)23-19(25)9-7-15-10-14-4-2-3-5-18(14)24-20(15)26/h2-6,8,11-12,15H,7,9-10H2,1H3,(H,23,25)(H,24,26). The van der Waals surface area contributed by atoms with Crippen LogP contribution in [0.5, 0.6) is 0 Å². The van der Waals surface area contributed by atoms with E-state index < -0.39 is 17.7 Å². The van der Waals surface area contributed by atoms with Crippen molar-refractivity contribution in [3.63, 3.8) is 0 Å². The van der Waals surface area contributed by atoms with Crippen LogP contribution in [-0.4, -0.2) is 11.8 Å². The van der Waals surface area contributed by atoms with Gasteiger partial charge in [0.25, 0.3) is 0 Å². The number of nitrogens with one attached hydrogen (secondary N) is 2. The second-order valence-electron chi connectivity index (χ2n) is 6.55. The number of para-hydroxylation sites is 1. The van der Waals surface area contributed by atoms with E-state index in [9.17, 15) is 18.4 Å². The summed E-state index contributed by atoms with van der Waals surface area (Å²) in [5.74, 6) is -2.43. The number of carbonyl (C=O) groups is 2. The van der Waals surface area contributed by atoms with E-state index in [1.165, 1.54) is 6.07 Å². The minimum Gasteiger partial charge on any atom is -0.350 e. The first kappa shape index (κ1) is 18.0. The summed E-state index contributed by atoms with van der Waals surface area (Å²) in [6.45, 7) is 1.70. The fourth-order valence-corrected chi connectivity index (χ4v) is 3.13. The van der Waals surface area contributed by atoms with Crippen LogP contribution >= 0.6 is 0 Å². The van der Waals surface area contributed by atoms with Crippen LogP contribution in [0.2, 0.25) is 0 Å². The van der Waals surface area contributed by atoms with Crippen molar-refractivity contribution in [3.8, 4) is 0 Å². The van der Waals surface area contributed by atoms with Gasteiger partial charge in [0.15, 0.2) is 11.6 Å². The van der Waals surface area contributed by atoms with Gasteiger partial charge >= 0.3 is 0 Å². The maximum absolute atomic E-state index is 13.3. The quantitative estimate of drug-likeness (QED) is 0.856. The zero-order chi connectivity index (χ0) is 18.7. The molecule has 0 spiro atoms. The molecule has 0 saturated carbocycles. The minimum absolute atomic E-state index is 0.0786. The molecule has 2 unspecified atom stereocenters. The fourth-order valence-electron chi connectivity index (χ4n) is 3.13. The Morgan fingerprint density at radius 1 is 1.23 bits per heavy atom. The minimum atomic E-state index is -0.943. The molecule has 0 radical (unpaired) electrons. The topological polar surface area (TPSA) is 58.2 Å². The van der Waals surface area contributed by atoms with Gasteiger partial charge in [-0.05, 0) is 49.1 Å². The van der Waals surface area contributed by atoms with Crippen LogP contribution in [0.15, 0.2) is 42.5 Å². The fraction of sp³-hybridized carbons (Fsp3) is 0.300. The number of halogens is 2. The second-order valence-corrected chi connectivity index (χ2v) is 6.55.